The topological polar surface area (TPSA) is 258 Å². The minimum Gasteiger partial charge on any atom is -0.465 e. The molecule has 15 rings (SSSR count). The van der Waals surface area contributed by atoms with Gasteiger partial charge in [0.25, 0.3) is 0 Å². The smallest absolute Gasteiger partial charge is 0.409 e. The molecule has 0 unspecified atom stereocenters. The average molecular weight is 1670 g/mol. The normalized spacial score (nSPS) is 12.2. The van der Waals surface area contributed by atoms with E-state index in [4.69, 9.17) is 28.4 Å². The van der Waals surface area contributed by atoms with Crippen LogP contribution in [0.25, 0.3) is 44.5 Å². The van der Waals surface area contributed by atoms with Gasteiger partial charge in [0.15, 0.2) is 23.1 Å². The lowest BCUT2D eigenvalue weighted by molar-refractivity contribution is -0.147. The second-order valence-corrected chi connectivity index (χ2v) is 30.9. The monoisotopic (exact) mass is 1670 g/mol. The summed E-state index contributed by atoms with van der Waals surface area (Å²) in [6, 6.07) is 83.0. The first-order valence-electron chi connectivity index (χ1n) is 41.8. The summed E-state index contributed by atoms with van der Waals surface area (Å²) in [7, 11) is 1.64. The first-order chi connectivity index (χ1) is 59.8. The third kappa shape index (κ3) is 28.4. The lowest BCUT2D eigenvalue weighted by Gasteiger charge is -2.19. The predicted octanol–water partition coefficient (Wildman–Crippen LogP) is 20.5. The maximum absolute atomic E-state index is 12.4. The van der Waals surface area contributed by atoms with E-state index in [0.717, 1.165) is 34.2 Å². The number of esters is 3. The van der Waals surface area contributed by atoms with Gasteiger partial charge in [0.1, 0.15) is 51.2 Å². The number of hydrogen-bond donors (Lipinski definition) is 1. The predicted molar refractivity (Wildman–Crippen MR) is 482 cm³/mol. The number of ether oxygens (including phenoxy) is 6. The number of carbonyl (C=O) groups excluding carboxylic acids is 11. The molecule has 0 saturated heterocycles. The van der Waals surface area contributed by atoms with Gasteiger partial charge >= 0.3 is 30.1 Å². The van der Waals surface area contributed by atoms with Gasteiger partial charge in [-0.2, -0.15) is 0 Å². The van der Waals surface area contributed by atoms with Crippen molar-refractivity contribution in [3.63, 3.8) is 0 Å². The molecule has 1 N–H and O–H groups in total. The Morgan fingerprint density at radius 2 is 0.742 bits per heavy atom. The molecule has 0 bridgehead atoms. The van der Waals surface area contributed by atoms with Crippen LogP contribution in [-0.4, -0.2) is 129 Å². The fourth-order valence-electron chi connectivity index (χ4n) is 14.9. The largest absolute Gasteiger partial charge is 0.465 e. The van der Waals surface area contributed by atoms with Crippen molar-refractivity contribution in [2.75, 3.05) is 53.2 Å². The molecule has 19 heteroatoms. The SMILES string of the molecule is CC(=O)C1=CCC=C1.CC(=O)CCCC(=O)OCC1c2ccccc2-c2ccccc21.CC(=O)COC(=O)CCCN(C)C(=O)OCC1c2ccccc2-c2ccccc21.CC(=O)COC(C)C.CC(=O)Cc1ccccc1.CC(=O)OCC1c2ccccc2-c2ccccc21.CC(=O)c1ccc(CNC(=O)OCC2c3ccccc3-c3ccccc32)cc1. The number of allylic oxidation sites excluding steroid dienone is 4. The second-order valence-electron chi connectivity index (χ2n) is 30.9. The van der Waals surface area contributed by atoms with Gasteiger partial charge in [-0.1, -0.05) is 267 Å². The Morgan fingerprint density at radius 3 is 1.08 bits per heavy atom. The Morgan fingerprint density at radius 1 is 0.371 bits per heavy atom. The van der Waals surface area contributed by atoms with Crippen molar-refractivity contribution in [3.05, 3.63) is 334 Å². The van der Waals surface area contributed by atoms with Gasteiger partial charge in [0.05, 0.1) is 6.10 Å². The van der Waals surface area contributed by atoms with Gasteiger partial charge in [-0.15, -0.1) is 0 Å². The van der Waals surface area contributed by atoms with Crippen LogP contribution in [0.1, 0.15) is 191 Å². The van der Waals surface area contributed by atoms with Crippen molar-refractivity contribution in [2.45, 2.75) is 144 Å². The zero-order valence-corrected chi connectivity index (χ0v) is 72.3. The quantitative estimate of drug-likeness (QED) is 0.0285. The molecule has 0 saturated carbocycles. The number of benzene rings is 10. The van der Waals surface area contributed by atoms with Crippen LogP contribution < -0.4 is 5.32 Å². The summed E-state index contributed by atoms with van der Waals surface area (Å²) in [5.41, 5.74) is 22.9. The summed E-state index contributed by atoms with van der Waals surface area (Å²) in [6.45, 7) is 16.5. The second kappa shape index (κ2) is 48.3. The number of amides is 2. The number of alkyl carbamates (subject to hydrolysis) is 1. The number of Topliss-reactive ketones (excluding diaryl/α,β-unsaturated/α-hetero) is 6. The molecule has 0 aromatic heterocycles. The number of carbonyl (C=O) groups is 11. The van der Waals surface area contributed by atoms with Crippen LogP contribution in [0.4, 0.5) is 9.59 Å². The number of nitrogens with one attached hydrogen (secondary N) is 1. The number of nitrogens with zero attached hydrogens (tertiary/aromatic N) is 1. The van der Waals surface area contributed by atoms with Gasteiger partial charge in [-0.3, -0.25) is 38.4 Å². The number of fused-ring (bicyclic) bond motifs is 12. The first kappa shape index (κ1) is 94.5. The molecule has 19 nitrogen and oxygen atoms in total. The fraction of sp³-hybridized carbons (Fsp3) is 0.286. The summed E-state index contributed by atoms with van der Waals surface area (Å²) in [4.78, 5) is 125. The highest BCUT2D eigenvalue weighted by molar-refractivity contribution is 5.97. The zero-order valence-electron chi connectivity index (χ0n) is 72.3. The van der Waals surface area contributed by atoms with E-state index in [1.807, 2.05) is 172 Å². The van der Waals surface area contributed by atoms with Crippen molar-refractivity contribution in [3.8, 4) is 44.5 Å². The summed E-state index contributed by atoms with van der Waals surface area (Å²) in [6.07, 6.45) is 8.44. The minimum absolute atomic E-state index is 0.0151. The summed E-state index contributed by atoms with van der Waals surface area (Å²) in [5, 5.41) is 2.77. The first-order valence-corrected chi connectivity index (χ1v) is 41.8. The van der Waals surface area contributed by atoms with Crippen LogP contribution >= 0.6 is 0 Å². The number of rotatable bonds is 27. The minimum atomic E-state index is -0.447. The highest BCUT2D eigenvalue weighted by atomic mass is 16.6. The Labute approximate surface area is 727 Å². The van der Waals surface area contributed by atoms with Crippen molar-refractivity contribution in [1.82, 2.24) is 10.2 Å². The van der Waals surface area contributed by atoms with Crippen LogP contribution in [0.3, 0.4) is 0 Å². The van der Waals surface area contributed by atoms with Gasteiger partial charge < -0.3 is 43.4 Å². The van der Waals surface area contributed by atoms with E-state index in [1.54, 1.807) is 33.0 Å². The third-order valence-electron chi connectivity index (χ3n) is 20.9. The molecule has 124 heavy (non-hydrogen) atoms. The lowest BCUT2D eigenvalue weighted by atomic mass is 9.98. The lowest BCUT2D eigenvalue weighted by Crippen LogP contribution is -2.30. The van der Waals surface area contributed by atoms with E-state index in [0.29, 0.717) is 70.6 Å². The van der Waals surface area contributed by atoms with E-state index in [1.165, 1.54) is 117 Å². The molecule has 642 valence electrons. The van der Waals surface area contributed by atoms with Crippen molar-refractivity contribution >= 4 is 64.8 Å². The molecule has 0 spiro atoms. The molecule has 10 aromatic rings. The molecule has 0 heterocycles. The maximum Gasteiger partial charge on any atom is 0.409 e. The Balaban J connectivity index is 0.000000172. The molecule has 2 amide bonds. The van der Waals surface area contributed by atoms with E-state index in [-0.39, 0.29) is 103 Å². The van der Waals surface area contributed by atoms with Crippen LogP contribution in [0.2, 0.25) is 0 Å². The highest BCUT2D eigenvalue weighted by Crippen LogP contribution is 2.48. The Bertz CT molecular complexity index is 5250. The van der Waals surface area contributed by atoms with Crippen molar-refractivity contribution < 1.29 is 81.2 Å². The van der Waals surface area contributed by atoms with Crippen LogP contribution in [0.15, 0.2) is 273 Å². The van der Waals surface area contributed by atoms with Crippen LogP contribution in [-0.2, 0) is 79.7 Å². The van der Waals surface area contributed by atoms with Crippen LogP contribution in [0, 0.1) is 0 Å². The standard InChI is InChI=1S/C24H21NO3.C23H25NO5.C20H20O3.C16H14O2.C9H10O.C7H8O.C6H12O2/c1-16(26)18-12-10-17(11-13-18)14-25-24(27)28-15-23-21-8-4-2-6-19(21)20-7-3-5-9-22(20)23;1-16(25)14-28-22(26)12-7-13-24(2)23(27)29-15-21-19-10-5-3-8-17(19)18-9-4-6-11-20(18)21;1-14(21)7-6-12-20(22)23-13-19-17-10-4-2-8-15(17)16-9-3-5-11-18(16)19;1-11(17)18-10-16-14-8-4-2-6-12(14)13-7-3-5-9-15(13)16;1-8(10)7-9-5-3-2-4-6-9;1-6(8)7-4-2-3-5-7;1-5(2)8-4-6(3)7/h2-13,23H,14-15H2,1H3,(H,25,27);3-6,8-11,21H,7,12-15H2,1-2H3;2-5,8-11,19H,6-7,12-13H2,1H3;2-9,16H,10H2,1H3;2-6H,7H2,1H3;2,4-5H,3H2,1H3;5H,4H2,1-3H3. The Hall–Kier alpha value is -13.4. The molecule has 5 aliphatic rings. The van der Waals surface area contributed by atoms with Gasteiger partial charge in [0, 0.05) is 87.6 Å². The summed E-state index contributed by atoms with van der Waals surface area (Å²) < 4.78 is 31.5. The van der Waals surface area contributed by atoms with E-state index >= 15 is 0 Å². The zero-order chi connectivity index (χ0) is 89.0. The highest BCUT2D eigenvalue weighted by Gasteiger charge is 2.33. The van der Waals surface area contributed by atoms with Gasteiger partial charge in [-0.05, 0) is 175 Å². The molecule has 0 fully saturated rings. The van der Waals surface area contributed by atoms with Gasteiger partial charge in [0.2, 0.25) is 0 Å². The third-order valence-corrected chi connectivity index (χ3v) is 20.9. The van der Waals surface area contributed by atoms with Crippen molar-refractivity contribution in [2.24, 2.45) is 0 Å². The summed E-state index contributed by atoms with van der Waals surface area (Å²) >= 11 is 0. The van der Waals surface area contributed by atoms with Gasteiger partial charge in [-0.25, -0.2) is 9.59 Å². The average Bonchev–Trinajstić information content (AvgIpc) is 1.64. The number of ketones is 6. The van der Waals surface area contributed by atoms with E-state index in [9.17, 15) is 52.7 Å². The molecule has 0 aliphatic heterocycles. The number of hydrogen-bond acceptors (Lipinski definition) is 17. The maximum atomic E-state index is 12.4. The molecule has 5 aliphatic carbocycles. The molecule has 10 aromatic carbocycles. The molecule has 0 radical (unpaired) electrons. The Kier molecular flexibility index (Phi) is 36.8. The van der Waals surface area contributed by atoms with Crippen LogP contribution in [0.5, 0.6) is 0 Å². The fourth-order valence-corrected chi connectivity index (χ4v) is 14.9. The molecular weight excluding hydrogens is 1560 g/mol. The van der Waals surface area contributed by atoms with Crippen molar-refractivity contribution in [1.29, 1.82) is 0 Å². The van der Waals surface area contributed by atoms with E-state index < -0.39 is 18.2 Å². The molecule has 0 atom stereocenters. The summed E-state index contributed by atoms with van der Waals surface area (Å²) in [5.74, 6) is -0.175. The van der Waals surface area contributed by atoms with E-state index in [2.05, 4.69) is 102 Å². The molecular formula is C105H110N2O17.